The van der Waals surface area contributed by atoms with Gasteiger partial charge < -0.3 is 4.74 Å². The molecular weight excluding hydrogens is 362 g/mol. The fourth-order valence-corrected chi connectivity index (χ4v) is 3.06. The quantitative estimate of drug-likeness (QED) is 0.481. The largest absolute Gasteiger partial charge is 0.444 e. The van der Waals surface area contributed by atoms with Crippen molar-refractivity contribution in [3.8, 4) is 11.5 Å². The van der Waals surface area contributed by atoms with Gasteiger partial charge in [-0.25, -0.2) is 4.79 Å². The summed E-state index contributed by atoms with van der Waals surface area (Å²) in [5.74, 6) is 3.29. The molecule has 0 unspecified atom stereocenters. The average molecular weight is 394 g/mol. The Bertz CT molecular complexity index is 852. The molecule has 0 saturated carbocycles. The summed E-state index contributed by atoms with van der Waals surface area (Å²) in [6.07, 6.45) is -0.310. The van der Waals surface area contributed by atoms with E-state index in [1.54, 1.807) is 4.90 Å². The average Bonchev–Trinajstić information content (AvgIpc) is 2.59. The van der Waals surface area contributed by atoms with E-state index in [1.165, 1.54) is 0 Å². The summed E-state index contributed by atoms with van der Waals surface area (Å²) < 4.78 is 5.63. The minimum absolute atomic E-state index is 0.310. The first-order chi connectivity index (χ1) is 13.0. The van der Waals surface area contributed by atoms with Crippen LogP contribution in [0.15, 0.2) is 54.6 Å². The number of carbonyl (C=O) groups is 1. The summed E-state index contributed by atoms with van der Waals surface area (Å²) in [5.41, 5.74) is 5.97. The summed E-state index contributed by atoms with van der Waals surface area (Å²) in [7, 11) is -1.43. The van der Waals surface area contributed by atoms with Crippen LogP contribution in [0.5, 0.6) is 0 Å². The molecule has 0 aliphatic heterocycles. The Morgan fingerprint density at radius 3 is 2.18 bits per heavy atom. The van der Waals surface area contributed by atoms with Crippen LogP contribution < -0.4 is 0 Å². The van der Waals surface area contributed by atoms with Gasteiger partial charge in [-0.05, 0) is 44.0 Å². The molecule has 0 aromatic heterocycles. The third kappa shape index (κ3) is 8.02. The van der Waals surface area contributed by atoms with E-state index in [4.69, 9.17) is 4.74 Å². The number of benzene rings is 2. The summed E-state index contributed by atoms with van der Waals surface area (Å²) in [5, 5.41) is 0. The maximum atomic E-state index is 12.8. The molecule has 0 atom stereocenters. The van der Waals surface area contributed by atoms with Crippen molar-refractivity contribution in [1.82, 2.24) is 4.90 Å². The Hall–Kier alpha value is -2.51. The molecule has 0 bridgehead atoms. The summed E-state index contributed by atoms with van der Waals surface area (Å²) >= 11 is 0. The summed E-state index contributed by atoms with van der Waals surface area (Å²) in [6.45, 7) is 13.3. The van der Waals surface area contributed by atoms with E-state index in [0.717, 1.165) is 16.7 Å². The van der Waals surface area contributed by atoms with E-state index in [1.807, 2.05) is 69.3 Å². The maximum Gasteiger partial charge on any atom is 0.410 e. The Labute approximate surface area is 170 Å². The number of ether oxygens (including phenoxy) is 1. The van der Waals surface area contributed by atoms with Crippen LogP contribution in [0.1, 0.15) is 37.5 Å². The van der Waals surface area contributed by atoms with Crippen molar-refractivity contribution in [2.75, 3.05) is 0 Å². The van der Waals surface area contributed by atoms with Gasteiger partial charge in [-0.2, -0.15) is 0 Å². The Balaban J connectivity index is 2.24. The van der Waals surface area contributed by atoms with Gasteiger partial charge in [0.25, 0.3) is 0 Å². The lowest BCUT2D eigenvalue weighted by Crippen LogP contribution is -2.36. The predicted molar refractivity (Wildman–Crippen MR) is 119 cm³/mol. The lowest BCUT2D eigenvalue weighted by atomic mass is 10.1. The Kier molecular flexibility index (Phi) is 7.09. The lowest BCUT2D eigenvalue weighted by molar-refractivity contribution is 0.0216. The van der Waals surface area contributed by atoms with Crippen LogP contribution in [-0.2, 0) is 17.8 Å². The number of hydrogen-bond acceptors (Lipinski definition) is 2. The topological polar surface area (TPSA) is 29.5 Å². The van der Waals surface area contributed by atoms with Crippen molar-refractivity contribution >= 4 is 14.2 Å². The number of rotatable bonds is 4. The van der Waals surface area contributed by atoms with Crippen LogP contribution in [0.2, 0.25) is 19.6 Å². The molecule has 0 aliphatic rings. The minimum Gasteiger partial charge on any atom is -0.444 e. The molecule has 3 nitrogen and oxygen atoms in total. The number of amides is 1. The van der Waals surface area contributed by atoms with Crippen molar-refractivity contribution in [2.24, 2.45) is 0 Å². The maximum absolute atomic E-state index is 12.8. The van der Waals surface area contributed by atoms with Crippen LogP contribution in [0.4, 0.5) is 4.79 Å². The van der Waals surface area contributed by atoms with Crippen molar-refractivity contribution in [3.63, 3.8) is 0 Å². The first-order valence-electron chi connectivity index (χ1n) is 9.66. The van der Waals surface area contributed by atoms with Crippen LogP contribution in [0, 0.1) is 11.5 Å². The minimum atomic E-state index is -1.43. The molecule has 4 heteroatoms. The van der Waals surface area contributed by atoms with Crippen molar-refractivity contribution in [3.05, 3.63) is 71.3 Å². The third-order valence-electron chi connectivity index (χ3n) is 3.75. The van der Waals surface area contributed by atoms with Gasteiger partial charge in [-0.1, -0.05) is 68.0 Å². The standard InChI is InChI=1S/C24H31NO2Si/c1-24(2,3)27-23(26)25(18-21-11-8-7-9-12-21)19-22-14-10-13-20(17-22)15-16-28(4,5)6/h7-14,17H,18-19H2,1-6H3. The van der Waals surface area contributed by atoms with Crippen LogP contribution in [0.25, 0.3) is 0 Å². The molecule has 0 aliphatic carbocycles. The van der Waals surface area contributed by atoms with Gasteiger partial charge in [-0.15, -0.1) is 5.54 Å². The smallest absolute Gasteiger partial charge is 0.410 e. The van der Waals surface area contributed by atoms with Gasteiger partial charge in [0, 0.05) is 18.7 Å². The van der Waals surface area contributed by atoms with E-state index < -0.39 is 13.7 Å². The van der Waals surface area contributed by atoms with Gasteiger partial charge >= 0.3 is 6.09 Å². The highest BCUT2D eigenvalue weighted by molar-refractivity contribution is 6.83. The normalized spacial score (nSPS) is 11.4. The van der Waals surface area contributed by atoms with E-state index in [2.05, 4.69) is 37.2 Å². The fraction of sp³-hybridized carbons (Fsp3) is 0.375. The molecule has 0 saturated heterocycles. The predicted octanol–water partition coefficient (Wildman–Crippen LogP) is 5.85. The molecule has 0 fully saturated rings. The highest BCUT2D eigenvalue weighted by Gasteiger charge is 2.22. The van der Waals surface area contributed by atoms with Gasteiger partial charge in [0.05, 0.1) is 0 Å². The molecule has 2 aromatic carbocycles. The van der Waals surface area contributed by atoms with E-state index in [-0.39, 0.29) is 6.09 Å². The zero-order valence-electron chi connectivity index (χ0n) is 17.9. The number of hydrogen-bond donors (Lipinski definition) is 0. The molecule has 148 valence electrons. The Morgan fingerprint density at radius 2 is 1.57 bits per heavy atom. The number of nitrogens with zero attached hydrogens (tertiary/aromatic N) is 1. The molecule has 28 heavy (non-hydrogen) atoms. The second-order valence-corrected chi connectivity index (χ2v) is 13.8. The molecule has 2 rings (SSSR count). The molecule has 2 aromatic rings. The summed E-state index contributed by atoms with van der Waals surface area (Å²) in [6, 6.07) is 18.1. The van der Waals surface area contributed by atoms with E-state index in [9.17, 15) is 4.79 Å². The highest BCUT2D eigenvalue weighted by atomic mass is 28.3. The zero-order chi connectivity index (χ0) is 20.8. The molecule has 0 radical (unpaired) electrons. The Morgan fingerprint density at radius 1 is 0.964 bits per heavy atom. The second-order valence-electron chi connectivity index (χ2n) is 9.02. The molecule has 0 N–H and O–H groups in total. The van der Waals surface area contributed by atoms with Gasteiger partial charge in [0.2, 0.25) is 0 Å². The second kappa shape index (κ2) is 9.12. The molecule has 1 amide bonds. The third-order valence-corrected chi connectivity index (χ3v) is 4.63. The first-order valence-corrected chi connectivity index (χ1v) is 13.2. The van der Waals surface area contributed by atoms with Crippen LogP contribution in [-0.4, -0.2) is 24.7 Å². The van der Waals surface area contributed by atoms with Crippen LogP contribution in [0.3, 0.4) is 0 Å². The summed E-state index contributed by atoms with van der Waals surface area (Å²) in [4.78, 5) is 14.5. The molecule has 0 spiro atoms. The van der Waals surface area contributed by atoms with Gasteiger partial charge in [0.15, 0.2) is 0 Å². The van der Waals surface area contributed by atoms with Crippen LogP contribution >= 0.6 is 0 Å². The number of carbonyl (C=O) groups excluding carboxylic acids is 1. The van der Waals surface area contributed by atoms with E-state index in [0.29, 0.717) is 13.1 Å². The van der Waals surface area contributed by atoms with Gasteiger partial charge in [0.1, 0.15) is 13.7 Å². The van der Waals surface area contributed by atoms with Crippen molar-refractivity contribution in [1.29, 1.82) is 0 Å². The molecular formula is C24H31NO2Si. The monoisotopic (exact) mass is 393 g/mol. The SMILES string of the molecule is CC(C)(C)OC(=O)N(Cc1ccccc1)Cc1cccc(C#C[Si](C)(C)C)c1. The van der Waals surface area contributed by atoms with Gasteiger partial charge in [-0.3, -0.25) is 4.90 Å². The first kappa shape index (κ1) is 21.8. The lowest BCUT2D eigenvalue weighted by Gasteiger charge is -2.27. The van der Waals surface area contributed by atoms with Crippen molar-refractivity contribution < 1.29 is 9.53 Å². The van der Waals surface area contributed by atoms with Crippen molar-refractivity contribution in [2.45, 2.75) is 59.1 Å². The fourth-order valence-electron chi connectivity index (χ4n) is 2.54. The zero-order valence-corrected chi connectivity index (χ0v) is 18.9. The van der Waals surface area contributed by atoms with E-state index >= 15 is 0 Å². The highest BCUT2D eigenvalue weighted by Crippen LogP contribution is 2.16. The molecule has 0 heterocycles.